The van der Waals surface area contributed by atoms with Gasteiger partial charge in [-0.1, -0.05) is 0 Å². The maximum atomic E-state index is 11.9. The van der Waals surface area contributed by atoms with Crippen molar-refractivity contribution in [3.05, 3.63) is 16.1 Å². The molecule has 90 valence electrons. The lowest BCUT2D eigenvalue weighted by molar-refractivity contribution is -0.133. The highest BCUT2D eigenvalue weighted by Gasteiger charge is 2.27. The molecule has 3 nitrogen and oxygen atoms in total. The number of nitrogens with zero attached hydrogens (tertiary/aromatic N) is 1. The van der Waals surface area contributed by atoms with Crippen LogP contribution in [0.2, 0.25) is 0 Å². The van der Waals surface area contributed by atoms with Crippen LogP contribution >= 0.6 is 11.3 Å². The van der Waals surface area contributed by atoms with Crippen molar-refractivity contribution in [3.63, 3.8) is 0 Å². The number of thiazole rings is 1. The molecule has 0 aliphatic carbocycles. The molecule has 0 unspecified atom stereocenters. The Labute approximate surface area is 94.3 Å². The van der Waals surface area contributed by atoms with E-state index in [1.165, 1.54) is 5.38 Å². The Morgan fingerprint density at radius 3 is 2.81 bits per heavy atom. The van der Waals surface area contributed by atoms with E-state index in [1.54, 1.807) is 6.92 Å². The highest BCUT2D eigenvalue weighted by atomic mass is 32.1. The Bertz CT molecular complexity index is 362. The Morgan fingerprint density at radius 1 is 1.56 bits per heavy atom. The Balaban J connectivity index is 2.55. The van der Waals surface area contributed by atoms with E-state index in [1.807, 2.05) is 0 Å². The first kappa shape index (κ1) is 13.0. The molecule has 0 aromatic carbocycles. The van der Waals surface area contributed by atoms with Crippen molar-refractivity contribution in [2.45, 2.75) is 25.9 Å². The summed E-state index contributed by atoms with van der Waals surface area (Å²) >= 11 is 1.03. The average molecular weight is 253 g/mol. The molecular formula is C9H10F3NO2S. The van der Waals surface area contributed by atoms with E-state index in [0.29, 0.717) is 5.01 Å². The van der Waals surface area contributed by atoms with Crippen LogP contribution in [0.15, 0.2) is 5.38 Å². The number of aromatic nitrogens is 1. The molecule has 0 amide bonds. The molecule has 16 heavy (non-hydrogen) atoms. The molecule has 0 spiro atoms. The van der Waals surface area contributed by atoms with Gasteiger partial charge in [-0.15, -0.1) is 11.3 Å². The van der Waals surface area contributed by atoms with Crippen molar-refractivity contribution in [2.75, 3.05) is 6.61 Å². The fourth-order valence-corrected chi connectivity index (χ4v) is 1.74. The van der Waals surface area contributed by atoms with Crippen LogP contribution in [0.4, 0.5) is 13.2 Å². The van der Waals surface area contributed by atoms with E-state index < -0.39 is 18.6 Å². The zero-order valence-electron chi connectivity index (χ0n) is 8.50. The van der Waals surface area contributed by atoms with Gasteiger partial charge in [0.2, 0.25) is 0 Å². The van der Waals surface area contributed by atoms with Gasteiger partial charge in [-0.2, -0.15) is 13.2 Å². The predicted octanol–water partition coefficient (Wildman–Crippen LogP) is 2.81. The Morgan fingerprint density at radius 2 is 2.25 bits per heavy atom. The number of aryl methyl sites for hydroxylation is 1. The van der Waals surface area contributed by atoms with Crippen molar-refractivity contribution >= 4 is 17.3 Å². The van der Waals surface area contributed by atoms with Gasteiger partial charge in [-0.25, -0.2) is 9.78 Å². The third kappa shape index (κ3) is 4.18. The predicted molar refractivity (Wildman–Crippen MR) is 52.4 cm³/mol. The minimum atomic E-state index is -4.20. The van der Waals surface area contributed by atoms with Crippen molar-refractivity contribution in [1.29, 1.82) is 0 Å². The second kappa shape index (κ2) is 5.29. The lowest BCUT2D eigenvalue weighted by Gasteiger charge is -2.02. The highest BCUT2D eigenvalue weighted by molar-refractivity contribution is 7.09. The van der Waals surface area contributed by atoms with Gasteiger partial charge in [0.15, 0.2) is 5.69 Å². The number of halogens is 3. The number of carbonyl (C=O) groups excluding carboxylic acids is 1. The molecule has 0 saturated carbocycles. The standard InChI is InChI=1S/C9H10F3NO2S/c1-2-15-8(14)6-5-16-7(13-6)3-4-9(10,11)12/h5H,2-4H2,1H3. The van der Waals surface area contributed by atoms with E-state index in [9.17, 15) is 18.0 Å². The average Bonchev–Trinajstić information content (AvgIpc) is 2.62. The van der Waals surface area contributed by atoms with Crippen LogP contribution in [-0.4, -0.2) is 23.7 Å². The topological polar surface area (TPSA) is 39.2 Å². The summed E-state index contributed by atoms with van der Waals surface area (Å²) in [5.41, 5.74) is 0.0732. The molecule has 0 fully saturated rings. The number of hydrogen-bond donors (Lipinski definition) is 0. The van der Waals surface area contributed by atoms with Crippen LogP contribution in [0.5, 0.6) is 0 Å². The first-order chi connectivity index (χ1) is 7.42. The lowest BCUT2D eigenvalue weighted by atomic mass is 10.3. The molecule has 7 heteroatoms. The monoisotopic (exact) mass is 253 g/mol. The molecule has 0 aliphatic rings. The summed E-state index contributed by atoms with van der Waals surface area (Å²) in [5, 5.41) is 1.70. The summed E-state index contributed by atoms with van der Waals surface area (Å²) in [6.45, 7) is 1.86. The van der Waals surface area contributed by atoms with E-state index in [-0.39, 0.29) is 18.7 Å². The van der Waals surface area contributed by atoms with Gasteiger partial charge in [0.05, 0.1) is 11.6 Å². The summed E-state index contributed by atoms with van der Waals surface area (Å²) in [7, 11) is 0. The fourth-order valence-electron chi connectivity index (χ4n) is 0.973. The van der Waals surface area contributed by atoms with Crippen molar-refractivity contribution in [2.24, 2.45) is 0 Å². The van der Waals surface area contributed by atoms with Crippen molar-refractivity contribution in [1.82, 2.24) is 4.98 Å². The second-order valence-electron chi connectivity index (χ2n) is 2.96. The van der Waals surface area contributed by atoms with E-state index >= 15 is 0 Å². The summed E-state index contributed by atoms with van der Waals surface area (Å²) in [5.74, 6) is -0.600. The molecule has 0 aliphatic heterocycles. The van der Waals surface area contributed by atoms with Crippen LogP contribution < -0.4 is 0 Å². The maximum Gasteiger partial charge on any atom is 0.389 e. The van der Waals surface area contributed by atoms with Crippen LogP contribution in [0.3, 0.4) is 0 Å². The Hall–Kier alpha value is -1.11. The molecule has 1 aromatic heterocycles. The van der Waals surface area contributed by atoms with Gasteiger partial charge in [0.1, 0.15) is 0 Å². The van der Waals surface area contributed by atoms with Gasteiger partial charge >= 0.3 is 12.1 Å². The molecule has 0 saturated heterocycles. The van der Waals surface area contributed by atoms with Crippen molar-refractivity contribution in [3.8, 4) is 0 Å². The Kier molecular flexibility index (Phi) is 4.28. The van der Waals surface area contributed by atoms with Gasteiger partial charge in [-0.3, -0.25) is 0 Å². The fraction of sp³-hybridized carbons (Fsp3) is 0.556. The third-order valence-corrected chi connectivity index (χ3v) is 2.57. The number of ether oxygens (including phenoxy) is 1. The number of alkyl halides is 3. The first-order valence-electron chi connectivity index (χ1n) is 4.60. The summed E-state index contributed by atoms with van der Waals surface area (Å²) in [4.78, 5) is 14.9. The van der Waals surface area contributed by atoms with Crippen LogP contribution in [0.1, 0.15) is 28.8 Å². The van der Waals surface area contributed by atoms with E-state index in [2.05, 4.69) is 9.72 Å². The third-order valence-electron chi connectivity index (χ3n) is 1.66. The largest absolute Gasteiger partial charge is 0.461 e. The van der Waals surface area contributed by atoms with Crippen molar-refractivity contribution < 1.29 is 22.7 Å². The molecule has 0 atom stereocenters. The molecular weight excluding hydrogens is 243 g/mol. The number of esters is 1. The number of hydrogen-bond acceptors (Lipinski definition) is 4. The minimum absolute atomic E-state index is 0.0732. The first-order valence-corrected chi connectivity index (χ1v) is 5.48. The van der Waals surface area contributed by atoms with E-state index in [0.717, 1.165) is 11.3 Å². The minimum Gasteiger partial charge on any atom is -0.461 e. The van der Waals surface area contributed by atoms with E-state index in [4.69, 9.17) is 0 Å². The molecule has 0 radical (unpaired) electrons. The molecule has 1 heterocycles. The van der Waals surface area contributed by atoms with Gasteiger partial charge in [0, 0.05) is 18.2 Å². The SMILES string of the molecule is CCOC(=O)c1csc(CCC(F)(F)F)n1. The number of rotatable bonds is 4. The van der Waals surface area contributed by atoms with Crippen LogP contribution in [0, 0.1) is 0 Å². The maximum absolute atomic E-state index is 11.9. The molecule has 0 bridgehead atoms. The van der Waals surface area contributed by atoms with Crippen LogP contribution in [0.25, 0.3) is 0 Å². The van der Waals surface area contributed by atoms with Gasteiger partial charge < -0.3 is 4.74 Å². The summed E-state index contributed by atoms with van der Waals surface area (Å²) in [6, 6.07) is 0. The quantitative estimate of drug-likeness (QED) is 0.774. The highest BCUT2D eigenvalue weighted by Crippen LogP contribution is 2.23. The number of carbonyl (C=O) groups is 1. The molecule has 0 N–H and O–H groups in total. The summed E-state index contributed by atoms with van der Waals surface area (Å²) < 4.78 is 40.4. The smallest absolute Gasteiger partial charge is 0.389 e. The second-order valence-corrected chi connectivity index (χ2v) is 3.90. The molecule has 1 aromatic rings. The summed E-state index contributed by atoms with van der Waals surface area (Å²) in [6.07, 6.45) is -5.33. The normalized spacial score (nSPS) is 11.5. The molecule has 1 rings (SSSR count). The van der Waals surface area contributed by atoms with Gasteiger partial charge in [0.25, 0.3) is 0 Å². The lowest BCUT2D eigenvalue weighted by Crippen LogP contribution is -2.09. The zero-order chi connectivity index (χ0) is 12.2. The van der Waals surface area contributed by atoms with Crippen LogP contribution in [-0.2, 0) is 11.2 Å². The zero-order valence-corrected chi connectivity index (χ0v) is 9.32. The van der Waals surface area contributed by atoms with Gasteiger partial charge in [-0.05, 0) is 6.92 Å².